The minimum absolute atomic E-state index is 0.198. The summed E-state index contributed by atoms with van der Waals surface area (Å²) in [7, 11) is 0. The Morgan fingerprint density at radius 1 is 1.12 bits per heavy atom. The van der Waals surface area contributed by atoms with Crippen LogP contribution in [0.5, 0.6) is 5.75 Å². The molecule has 0 aliphatic heterocycles. The van der Waals surface area contributed by atoms with E-state index in [1.807, 2.05) is 0 Å². The number of halogens is 7. The summed E-state index contributed by atoms with van der Waals surface area (Å²) < 4.78 is 49.5. The van der Waals surface area contributed by atoms with Crippen molar-refractivity contribution in [2.24, 2.45) is 0 Å². The number of ether oxygens (including phenoxy) is 1. The van der Waals surface area contributed by atoms with Crippen LogP contribution in [0.25, 0.3) is 0 Å². The summed E-state index contributed by atoms with van der Waals surface area (Å²) in [5.41, 5.74) is 0. The monoisotopic (exact) mass is 340 g/mol. The van der Waals surface area contributed by atoms with Crippen LogP contribution in [0.3, 0.4) is 0 Å². The molecule has 0 saturated heterocycles. The standard InChI is InChI=1S/C8H3BrCl2F4O/c9-7(12,8(13,14)15)16-6-2-1-4(10)3-5(6)11/h1-3H. The maximum atomic E-state index is 13.0. The fraction of sp³-hybridized carbons (Fsp3) is 0.250. The van der Waals surface area contributed by atoms with Crippen molar-refractivity contribution in [1.82, 2.24) is 0 Å². The summed E-state index contributed by atoms with van der Waals surface area (Å²) in [5.74, 6) is -0.470. The van der Waals surface area contributed by atoms with Crippen LogP contribution in [0.2, 0.25) is 10.0 Å². The van der Waals surface area contributed by atoms with Crippen LogP contribution in [0.4, 0.5) is 17.6 Å². The summed E-state index contributed by atoms with van der Waals surface area (Å²) in [6.07, 6.45) is -5.23. The van der Waals surface area contributed by atoms with Crippen molar-refractivity contribution in [2.75, 3.05) is 0 Å². The Labute approximate surface area is 106 Å². The first kappa shape index (κ1) is 13.9. The van der Waals surface area contributed by atoms with Crippen molar-refractivity contribution in [1.29, 1.82) is 0 Å². The topological polar surface area (TPSA) is 9.23 Å². The fourth-order valence-corrected chi connectivity index (χ4v) is 1.38. The van der Waals surface area contributed by atoms with Gasteiger partial charge in [0.15, 0.2) is 0 Å². The average molecular weight is 342 g/mol. The zero-order valence-corrected chi connectivity index (χ0v) is 10.4. The molecule has 1 aromatic carbocycles. The average Bonchev–Trinajstić information content (AvgIpc) is 2.08. The van der Waals surface area contributed by atoms with Gasteiger partial charge < -0.3 is 4.74 Å². The van der Waals surface area contributed by atoms with E-state index >= 15 is 0 Å². The van der Waals surface area contributed by atoms with E-state index in [4.69, 9.17) is 23.2 Å². The smallest absolute Gasteiger partial charge is 0.440 e. The fourth-order valence-electron chi connectivity index (χ4n) is 0.754. The lowest BCUT2D eigenvalue weighted by Crippen LogP contribution is -2.40. The van der Waals surface area contributed by atoms with E-state index in [1.54, 1.807) is 15.9 Å². The molecular weight excluding hydrogens is 339 g/mol. The second-order valence-corrected chi connectivity index (χ2v) is 4.55. The Hall–Kier alpha value is -0.200. The molecule has 0 spiro atoms. The molecular formula is C8H3BrCl2F4O. The van der Waals surface area contributed by atoms with E-state index in [2.05, 4.69) is 4.74 Å². The normalized spacial score (nSPS) is 15.7. The molecule has 0 fully saturated rings. The van der Waals surface area contributed by atoms with Crippen LogP contribution in [0, 0.1) is 0 Å². The third-order valence-corrected chi connectivity index (χ3v) is 2.60. The van der Waals surface area contributed by atoms with Gasteiger partial charge in [0, 0.05) is 21.0 Å². The van der Waals surface area contributed by atoms with E-state index < -0.39 is 16.7 Å². The van der Waals surface area contributed by atoms with E-state index in [-0.39, 0.29) is 10.0 Å². The summed E-state index contributed by atoms with van der Waals surface area (Å²) in [4.78, 5) is 0. The molecule has 0 aromatic heterocycles. The lowest BCUT2D eigenvalue weighted by atomic mass is 10.3. The zero-order valence-electron chi connectivity index (χ0n) is 7.29. The van der Waals surface area contributed by atoms with Crippen molar-refractivity contribution in [3.05, 3.63) is 28.2 Å². The van der Waals surface area contributed by atoms with Gasteiger partial charge in [0.25, 0.3) is 0 Å². The third kappa shape index (κ3) is 3.15. The molecule has 1 aromatic rings. The van der Waals surface area contributed by atoms with Crippen LogP contribution < -0.4 is 4.74 Å². The van der Waals surface area contributed by atoms with Gasteiger partial charge in [-0.15, -0.1) is 0 Å². The van der Waals surface area contributed by atoms with Gasteiger partial charge in [0.1, 0.15) is 5.75 Å². The number of benzene rings is 1. The molecule has 0 saturated carbocycles. The van der Waals surface area contributed by atoms with Gasteiger partial charge in [-0.25, -0.2) is 0 Å². The van der Waals surface area contributed by atoms with Crippen molar-refractivity contribution in [3.8, 4) is 5.75 Å². The number of hydrogen-bond acceptors (Lipinski definition) is 1. The van der Waals surface area contributed by atoms with Crippen molar-refractivity contribution < 1.29 is 22.3 Å². The first-order valence-electron chi connectivity index (χ1n) is 3.72. The minimum atomic E-state index is -5.23. The van der Waals surface area contributed by atoms with Crippen LogP contribution in [0.15, 0.2) is 18.2 Å². The molecule has 0 heterocycles. The van der Waals surface area contributed by atoms with E-state index in [0.717, 1.165) is 12.1 Å². The molecule has 8 heteroatoms. The van der Waals surface area contributed by atoms with Crippen LogP contribution >= 0.6 is 39.1 Å². The summed E-state index contributed by atoms with van der Waals surface area (Å²) in [5, 5.41) is -0.0263. The molecule has 1 nitrogen and oxygen atoms in total. The molecule has 1 unspecified atom stereocenters. The highest BCUT2D eigenvalue weighted by Gasteiger charge is 2.57. The predicted octanol–water partition coefficient (Wildman–Crippen LogP) is 4.95. The molecule has 90 valence electrons. The van der Waals surface area contributed by atoms with Gasteiger partial charge in [-0.05, 0) is 18.2 Å². The van der Waals surface area contributed by atoms with E-state index in [1.165, 1.54) is 6.07 Å². The van der Waals surface area contributed by atoms with Crippen molar-refractivity contribution >= 4 is 39.1 Å². The van der Waals surface area contributed by atoms with E-state index in [9.17, 15) is 17.6 Å². The largest absolute Gasteiger partial charge is 0.472 e. The molecule has 0 amide bonds. The van der Waals surface area contributed by atoms with Crippen LogP contribution in [-0.4, -0.2) is 10.9 Å². The highest BCUT2D eigenvalue weighted by molar-refractivity contribution is 9.10. The second kappa shape index (κ2) is 4.58. The molecule has 0 aliphatic rings. The number of alkyl halides is 5. The van der Waals surface area contributed by atoms with Gasteiger partial charge in [0.05, 0.1) is 5.02 Å². The van der Waals surface area contributed by atoms with Crippen molar-refractivity contribution in [2.45, 2.75) is 10.9 Å². The third-order valence-electron chi connectivity index (χ3n) is 1.46. The molecule has 0 aliphatic carbocycles. The molecule has 1 rings (SSSR count). The predicted molar refractivity (Wildman–Crippen MR) is 55.9 cm³/mol. The second-order valence-electron chi connectivity index (χ2n) is 2.69. The Balaban J connectivity index is 2.97. The Morgan fingerprint density at radius 3 is 2.12 bits per heavy atom. The Morgan fingerprint density at radius 2 is 1.69 bits per heavy atom. The first-order chi connectivity index (χ1) is 7.13. The number of hydrogen-bond donors (Lipinski definition) is 0. The quantitative estimate of drug-likeness (QED) is 0.546. The summed E-state index contributed by atoms with van der Waals surface area (Å²) >= 11 is 12.8. The van der Waals surface area contributed by atoms with Crippen LogP contribution in [0.1, 0.15) is 0 Å². The Kier molecular flexibility index (Phi) is 3.97. The van der Waals surface area contributed by atoms with Gasteiger partial charge in [-0.2, -0.15) is 17.6 Å². The molecule has 16 heavy (non-hydrogen) atoms. The van der Waals surface area contributed by atoms with Crippen molar-refractivity contribution in [3.63, 3.8) is 0 Å². The van der Waals surface area contributed by atoms with Gasteiger partial charge >= 0.3 is 10.9 Å². The summed E-state index contributed by atoms with van der Waals surface area (Å²) in [6.45, 7) is 0. The lowest BCUT2D eigenvalue weighted by Gasteiger charge is -2.23. The molecule has 0 bridgehead atoms. The highest BCUT2D eigenvalue weighted by atomic mass is 79.9. The van der Waals surface area contributed by atoms with Gasteiger partial charge in [-0.1, -0.05) is 23.2 Å². The SMILES string of the molecule is FC(F)(F)C(F)(Br)Oc1ccc(Cl)cc1Cl. The maximum absolute atomic E-state index is 13.0. The lowest BCUT2D eigenvalue weighted by molar-refractivity contribution is -0.252. The maximum Gasteiger partial charge on any atom is 0.472 e. The Bertz CT molecular complexity index is 394. The molecule has 1 atom stereocenters. The molecule has 0 N–H and O–H groups in total. The minimum Gasteiger partial charge on any atom is -0.440 e. The zero-order chi connectivity index (χ0) is 12.6. The first-order valence-corrected chi connectivity index (χ1v) is 5.27. The van der Waals surface area contributed by atoms with Gasteiger partial charge in [-0.3, -0.25) is 0 Å². The summed E-state index contributed by atoms with van der Waals surface area (Å²) in [6, 6.07) is 3.39. The molecule has 0 radical (unpaired) electrons. The van der Waals surface area contributed by atoms with Gasteiger partial charge in [0.2, 0.25) is 0 Å². The number of rotatable bonds is 2. The van der Waals surface area contributed by atoms with Crippen LogP contribution in [-0.2, 0) is 0 Å². The highest BCUT2D eigenvalue weighted by Crippen LogP contribution is 2.42. The van der Waals surface area contributed by atoms with E-state index in [0.29, 0.717) is 0 Å².